The fourth-order valence-electron chi connectivity index (χ4n) is 7.76. The van der Waals surface area contributed by atoms with Crippen molar-refractivity contribution in [3.63, 3.8) is 0 Å². The number of ether oxygens (including phenoxy) is 2. The first-order valence-corrected chi connectivity index (χ1v) is 21.4. The Morgan fingerprint density at radius 1 is 0.689 bits per heavy atom. The van der Waals surface area contributed by atoms with Crippen molar-refractivity contribution in [1.29, 1.82) is 0 Å². The lowest BCUT2D eigenvalue weighted by Gasteiger charge is -2.20. The van der Waals surface area contributed by atoms with Gasteiger partial charge in [0, 0.05) is 35.3 Å². The number of hydrogen-bond donors (Lipinski definition) is 4. The van der Waals surface area contributed by atoms with E-state index in [1.54, 1.807) is 46.0 Å². The molecule has 0 saturated carbocycles. The van der Waals surface area contributed by atoms with Gasteiger partial charge in [0.1, 0.15) is 6.29 Å². The van der Waals surface area contributed by atoms with Crippen molar-refractivity contribution in [2.75, 3.05) is 36.9 Å². The summed E-state index contributed by atoms with van der Waals surface area (Å²) in [6, 6.07) is 19.7. The van der Waals surface area contributed by atoms with Crippen LogP contribution in [0.25, 0.3) is 45.0 Å². The normalized spacial score (nSPS) is 16.2. The van der Waals surface area contributed by atoms with E-state index in [-0.39, 0.29) is 6.29 Å². The van der Waals surface area contributed by atoms with Gasteiger partial charge >= 0.3 is 0 Å². The van der Waals surface area contributed by atoms with Crippen molar-refractivity contribution >= 4 is 40.1 Å². The van der Waals surface area contributed by atoms with Crippen LogP contribution in [0.4, 0.5) is 11.4 Å². The molecule has 318 valence electrons. The highest BCUT2D eigenvalue weighted by molar-refractivity contribution is 5.80. The van der Waals surface area contributed by atoms with Gasteiger partial charge in [-0.2, -0.15) is 10.2 Å². The number of nitrogens with one attached hydrogen (secondary N) is 2. The zero-order valence-electron chi connectivity index (χ0n) is 35.5. The first kappa shape index (κ1) is 42.0. The molecule has 0 atom stereocenters. The van der Waals surface area contributed by atoms with Crippen LogP contribution in [0.1, 0.15) is 113 Å². The number of anilines is 2. The number of carbonyl (C=O) groups excluding carboxylic acids is 1. The number of aldehydes is 1. The topological polar surface area (TPSA) is 160 Å². The first-order valence-electron chi connectivity index (χ1n) is 21.4. The van der Waals surface area contributed by atoms with Crippen LogP contribution in [0, 0.1) is 0 Å². The minimum atomic E-state index is -0.843. The minimum Gasteiger partial charge on any atom is -0.389 e. The van der Waals surface area contributed by atoms with Crippen LogP contribution in [0.2, 0.25) is 0 Å². The number of aromatic nitrogens is 6. The third kappa shape index (κ3) is 10.1. The van der Waals surface area contributed by atoms with Crippen LogP contribution in [0.15, 0.2) is 85.2 Å². The molecule has 0 bridgehead atoms. The smallest absolute Gasteiger partial charge is 0.184 e. The van der Waals surface area contributed by atoms with Gasteiger partial charge in [-0.3, -0.25) is 4.79 Å². The Morgan fingerprint density at radius 3 is 1.56 bits per heavy atom. The van der Waals surface area contributed by atoms with Crippen LogP contribution >= 0.6 is 0 Å². The van der Waals surface area contributed by atoms with Gasteiger partial charge in [0.25, 0.3) is 0 Å². The summed E-state index contributed by atoms with van der Waals surface area (Å²) in [5.74, 6) is 0. The van der Waals surface area contributed by atoms with Crippen molar-refractivity contribution in [1.82, 2.24) is 29.2 Å². The lowest BCUT2D eigenvalue weighted by Crippen LogP contribution is -2.29. The van der Waals surface area contributed by atoms with Crippen molar-refractivity contribution in [3.05, 3.63) is 108 Å². The molecular weight excluding hydrogens is 769 g/mol. The second kappa shape index (κ2) is 18.1. The summed E-state index contributed by atoms with van der Waals surface area (Å²) in [5, 5.41) is 37.0. The molecule has 61 heavy (non-hydrogen) atoms. The van der Waals surface area contributed by atoms with E-state index < -0.39 is 11.2 Å². The van der Waals surface area contributed by atoms with Crippen molar-refractivity contribution in [2.45, 2.75) is 96.6 Å². The highest BCUT2D eigenvalue weighted by Crippen LogP contribution is 2.33. The highest BCUT2D eigenvalue weighted by Gasteiger charge is 2.22. The second-order valence-corrected chi connectivity index (χ2v) is 17.4. The predicted molar refractivity (Wildman–Crippen MR) is 239 cm³/mol. The van der Waals surface area contributed by atoms with Crippen LogP contribution < -0.4 is 10.6 Å². The second-order valence-electron chi connectivity index (χ2n) is 17.4. The monoisotopic (exact) mass is 824 g/mol. The van der Waals surface area contributed by atoms with Crippen LogP contribution in [-0.4, -0.2) is 83.2 Å². The maximum atomic E-state index is 11.0. The molecule has 3 aliphatic rings. The molecule has 1 saturated heterocycles. The van der Waals surface area contributed by atoms with Gasteiger partial charge in [-0.1, -0.05) is 60.7 Å². The van der Waals surface area contributed by atoms with E-state index >= 15 is 0 Å². The molecule has 1 fully saturated rings. The standard InChI is InChI=1S/C25H30N4O3.C23H26N4O2/c1-25(2,30)16-27-21-14-20(17-6-4-3-5-7-17)28-29-22(15-26-23(21)29)18-8-10-19(11-9-18)24-31-12-13-32-24;1-23(2,29)15-25-20-12-19(17-6-4-3-5-7-17)26-27-21(13-24-22(20)27)18-10-8-16(14-28)9-11-18/h6,8-11,14-15,24,27,30H,3-5,7,12-13,16H2,1-2H3;6,8-14,25,29H,3-5,7,15H2,1-2H3. The van der Waals surface area contributed by atoms with Crippen LogP contribution in [0.3, 0.4) is 0 Å². The van der Waals surface area contributed by atoms with Gasteiger partial charge in [0.05, 0.1) is 71.0 Å². The third-order valence-corrected chi connectivity index (χ3v) is 11.0. The lowest BCUT2D eigenvalue weighted by atomic mass is 9.97. The van der Waals surface area contributed by atoms with E-state index in [9.17, 15) is 15.0 Å². The van der Waals surface area contributed by atoms with E-state index in [0.717, 1.165) is 88.5 Å². The Kier molecular flexibility index (Phi) is 12.4. The molecule has 13 heteroatoms. The zero-order chi connectivity index (χ0) is 42.6. The van der Waals surface area contributed by atoms with Gasteiger partial charge in [0.15, 0.2) is 17.6 Å². The Bertz CT molecular complexity index is 2540. The summed E-state index contributed by atoms with van der Waals surface area (Å²) >= 11 is 0. The zero-order valence-corrected chi connectivity index (χ0v) is 35.5. The number of fused-ring (bicyclic) bond motifs is 2. The number of carbonyl (C=O) groups is 1. The maximum Gasteiger partial charge on any atom is 0.184 e. The number of nitrogens with zero attached hydrogens (tertiary/aromatic N) is 6. The third-order valence-electron chi connectivity index (χ3n) is 11.0. The SMILES string of the molecule is CC(C)(O)CNc1cc(C2=CCCCC2)nn2c(-c3ccc(C4OCCO4)cc3)cnc12.CC(C)(O)CNc1cc(C2=CCCCC2)nn2c(-c3ccc(C=O)cc3)cnc12. The molecule has 0 amide bonds. The van der Waals surface area contributed by atoms with Crippen LogP contribution in [0.5, 0.6) is 0 Å². The number of imidazole rings is 2. The Hall–Kier alpha value is -5.73. The van der Waals surface area contributed by atoms with Crippen molar-refractivity contribution in [2.24, 2.45) is 0 Å². The first-order chi connectivity index (χ1) is 29.4. The Labute approximate surface area is 356 Å². The van der Waals surface area contributed by atoms with Gasteiger partial charge in [-0.05, 0) is 102 Å². The predicted octanol–water partition coefficient (Wildman–Crippen LogP) is 8.93. The molecular formula is C48H56N8O5. The minimum absolute atomic E-state index is 0.285. The quantitative estimate of drug-likeness (QED) is 0.0873. The summed E-state index contributed by atoms with van der Waals surface area (Å²) in [4.78, 5) is 20.2. The van der Waals surface area contributed by atoms with Crippen LogP contribution in [-0.2, 0) is 9.47 Å². The summed E-state index contributed by atoms with van der Waals surface area (Å²) < 4.78 is 15.0. The average Bonchev–Trinajstić information content (AvgIpc) is 4.06. The maximum absolute atomic E-state index is 11.0. The molecule has 1 aliphatic heterocycles. The summed E-state index contributed by atoms with van der Waals surface area (Å²) in [6.07, 6.45) is 17.8. The molecule has 9 rings (SSSR count). The van der Waals surface area contributed by atoms with E-state index in [0.29, 0.717) is 37.5 Å². The number of allylic oxidation sites excluding steroid dienone is 4. The Balaban J connectivity index is 0.000000169. The van der Waals surface area contributed by atoms with Gasteiger partial charge in [0.2, 0.25) is 0 Å². The fourth-order valence-corrected chi connectivity index (χ4v) is 7.76. The molecule has 4 N–H and O–H groups in total. The number of benzene rings is 2. The molecule has 5 heterocycles. The summed E-state index contributed by atoms with van der Waals surface area (Å²) in [6.45, 7) is 9.21. The van der Waals surface area contributed by atoms with Gasteiger partial charge in [-0.15, -0.1) is 0 Å². The summed E-state index contributed by atoms with van der Waals surface area (Å²) in [5.41, 5.74) is 11.3. The van der Waals surface area contributed by atoms with E-state index in [1.807, 2.05) is 45.6 Å². The molecule has 2 aromatic carbocycles. The van der Waals surface area contributed by atoms with E-state index in [2.05, 4.69) is 51.0 Å². The van der Waals surface area contributed by atoms with Crippen molar-refractivity contribution in [3.8, 4) is 22.5 Å². The largest absolute Gasteiger partial charge is 0.389 e. The molecule has 2 aliphatic carbocycles. The fraction of sp³-hybridized carbons (Fsp3) is 0.396. The number of aliphatic hydroxyl groups is 2. The molecule has 6 aromatic rings. The summed E-state index contributed by atoms with van der Waals surface area (Å²) in [7, 11) is 0. The molecule has 0 unspecified atom stereocenters. The molecule has 0 radical (unpaired) electrons. The average molecular weight is 825 g/mol. The van der Waals surface area contributed by atoms with E-state index in [4.69, 9.17) is 19.7 Å². The van der Waals surface area contributed by atoms with Gasteiger partial charge in [-0.25, -0.2) is 19.0 Å². The van der Waals surface area contributed by atoms with Gasteiger partial charge < -0.3 is 30.3 Å². The number of hydrogen-bond acceptors (Lipinski definition) is 11. The Morgan fingerprint density at radius 2 is 1.15 bits per heavy atom. The lowest BCUT2D eigenvalue weighted by molar-refractivity contribution is -0.0441. The molecule has 4 aromatic heterocycles. The van der Waals surface area contributed by atoms with Crippen molar-refractivity contribution < 1.29 is 24.5 Å². The highest BCUT2D eigenvalue weighted by atomic mass is 16.7. The van der Waals surface area contributed by atoms with E-state index in [1.165, 1.54) is 36.8 Å². The molecule has 13 nitrogen and oxygen atoms in total. The molecule has 0 spiro atoms. The number of rotatable bonds is 12.